The number of amides is 2. The van der Waals surface area contributed by atoms with Crippen LogP contribution in [0, 0.1) is 11.3 Å². The van der Waals surface area contributed by atoms with Gasteiger partial charge in [0, 0.05) is 17.6 Å². The van der Waals surface area contributed by atoms with Crippen molar-refractivity contribution < 1.29 is 23.9 Å². The van der Waals surface area contributed by atoms with Crippen LogP contribution in [0.4, 0.5) is 4.79 Å². The number of fused-ring (bicyclic) bond motifs is 2. The zero-order valence-corrected chi connectivity index (χ0v) is 25.9. The molecule has 0 unspecified atom stereocenters. The number of thiophene rings is 1. The lowest BCUT2D eigenvalue weighted by atomic mass is 9.71. The third-order valence-corrected chi connectivity index (χ3v) is 8.48. The van der Waals surface area contributed by atoms with Gasteiger partial charge in [0.25, 0.3) is 5.91 Å². The highest BCUT2D eigenvalue weighted by Gasteiger charge is 2.30. The molecule has 0 saturated carbocycles. The molecule has 2 atom stereocenters. The molecule has 9 heteroatoms. The normalized spacial score (nSPS) is 16.0. The van der Waals surface area contributed by atoms with Gasteiger partial charge in [-0.3, -0.25) is 4.79 Å². The molecule has 4 rings (SSSR count). The van der Waals surface area contributed by atoms with Gasteiger partial charge >= 0.3 is 12.1 Å². The van der Waals surface area contributed by atoms with Crippen molar-refractivity contribution in [1.82, 2.24) is 15.6 Å². The summed E-state index contributed by atoms with van der Waals surface area (Å²) in [5.41, 5.74) is 3.15. The summed E-state index contributed by atoms with van der Waals surface area (Å²) in [6.07, 6.45) is 2.94. The first-order valence-electron chi connectivity index (χ1n) is 14.1. The van der Waals surface area contributed by atoms with E-state index >= 15 is 0 Å². The number of aromatic nitrogens is 1. The average Bonchev–Trinajstić information content (AvgIpc) is 3.32. The van der Waals surface area contributed by atoms with Crippen LogP contribution in [0.1, 0.15) is 97.3 Å². The molecule has 0 aliphatic heterocycles. The number of nitrogens with one attached hydrogen (secondary N) is 2. The Hall–Kier alpha value is -3.46. The minimum atomic E-state index is -0.616. The van der Waals surface area contributed by atoms with Gasteiger partial charge in [-0.05, 0) is 93.2 Å². The van der Waals surface area contributed by atoms with Gasteiger partial charge in [0.1, 0.15) is 10.4 Å². The Kier molecular flexibility index (Phi) is 9.07. The molecule has 0 saturated heterocycles. The smallest absolute Gasteiger partial charge is 0.407 e. The van der Waals surface area contributed by atoms with E-state index in [1.165, 1.54) is 24.0 Å². The van der Waals surface area contributed by atoms with Gasteiger partial charge in [-0.15, -0.1) is 11.3 Å². The molecule has 1 aliphatic carbocycles. The van der Waals surface area contributed by atoms with Crippen LogP contribution in [0.25, 0.3) is 10.2 Å². The van der Waals surface area contributed by atoms with Gasteiger partial charge in [-0.25, -0.2) is 14.6 Å². The van der Waals surface area contributed by atoms with Crippen molar-refractivity contribution in [3.05, 3.63) is 63.7 Å². The van der Waals surface area contributed by atoms with Crippen LogP contribution in [-0.4, -0.2) is 42.2 Å². The summed E-state index contributed by atoms with van der Waals surface area (Å²) in [5, 5.41) is 6.85. The highest BCUT2D eigenvalue weighted by molar-refractivity contribution is 7.20. The van der Waals surface area contributed by atoms with Gasteiger partial charge in [0.2, 0.25) is 0 Å². The molecular formula is C32H41N3O5S. The highest BCUT2D eigenvalue weighted by Crippen LogP contribution is 2.38. The minimum Gasteiger partial charge on any atom is -0.465 e. The van der Waals surface area contributed by atoms with Crippen molar-refractivity contribution >= 4 is 39.5 Å². The lowest BCUT2D eigenvalue weighted by Gasteiger charge is -2.34. The number of esters is 1. The molecule has 1 aromatic carbocycles. The largest absolute Gasteiger partial charge is 0.465 e. The molecule has 220 valence electrons. The Labute approximate surface area is 246 Å². The van der Waals surface area contributed by atoms with Crippen LogP contribution in [0.2, 0.25) is 0 Å². The van der Waals surface area contributed by atoms with Crippen LogP contribution in [0.5, 0.6) is 0 Å². The average molecular weight is 580 g/mol. The third kappa shape index (κ3) is 7.85. The standard InChI is InChI=1S/C32H41N3O5S/c1-31(2,3)23-11-12-24-21(17-23)16-22-18-26(41-28(22)35-24)27(36)34-25(13-14-33-30(38)40-32(4,5)6)19-9-8-10-20(15-19)29(37)39-7/h8-10,15-16,18,23,25H,11-14,17H2,1-7H3,(H,33,38)(H,34,36)/t23-,25+/m0/s1. The van der Waals surface area contributed by atoms with E-state index in [9.17, 15) is 14.4 Å². The van der Waals surface area contributed by atoms with Crippen molar-refractivity contribution in [3.63, 3.8) is 0 Å². The lowest BCUT2D eigenvalue weighted by Crippen LogP contribution is -2.35. The molecule has 2 N–H and O–H groups in total. The maximum absolute atomic E-state index is 13.5. The Morgan fingerprint density at radius 1 is 1.10 bits per heavy atom. The summed E-state index contributed by atoms with van der Waals surface area (Å²) in [7, 11) is 1.33. The monoisotopic (exact) mass is 579 g/mol. The van der Waals surface area contributed by atoms with Crippen molar-refractivity contribution in [2.75, 3.05) is 13.7 Å². The van der Waals surface area contributed by atoms with Crippen LogP contribution in [0.15, 0.2) is 36.4 Å². The van der Waals surface area contributed by atoms with Crippen molar-refractivity contribution in [2.45, 2.75) is 78.9 Å². The third-order valence-electron chi connectivity index (χ3n) is 7.44. The van der Waals surface area contributed by atoms with E-state index in [1.807, 2.05) is 12.1 Å². The molecule has 0 bridgehead atoms. The number of hydrogen-bond acceptors (Lipinski definition) is 7. The fourth-order valence-corrected chi connectivity index (χ4v) is 6.10. The van der Waals surface area contributed by atoms with Crippen LogP contribution >= 0.6 is 11.3 Å². The SMILES string of the molecule is COC(=O)c1cccc([C@@H](CCNC(=O)OC(C)(C)C)NC(=O)c2cc3cc4c(nc3s2)CC[C@H](C(C)(C)C)C4)c1. The molecule has 0 radical (unpaired) electrons. The van der Waals surface area contributed by atoms with E-state index in [2.05, 4.69) is 37.5 Å². The van der Waals surface area contributed by atoms with E-state index in [-0.39, 0.29) is 17.9 Å². The van der Waals surface area contributed by atoms with E-state index in [0.717, 1.165) is 40.7 Å². The highest BCUT2D eigenvalue weighted by atomic mass is 32.1. The number of hydrogen-bond donors (Lipinski definition) is 2. The number of methoxy groups -OCH3 is 1. The maximum atomic E-state index is 13.5. The van der Waals surface area contributed by atoms with Gasteiger partial charge < -0.3 is 20.1 Å². The Balaban J connectivity index is 1.54. The molecule has 0 spiro atoms. The second kappa shape index (κ2) is 12.2. The Morgan fingerprint density at radius 3 is 2.54 bits per heavy atom. The van der Waals surface area contributed by atoms with Gasteiger partial charge in [-0.2, -0.15) is 0 Å². The summed E-state index contributed by atoms with van der Waals surface area (Å²) in [4.78, 5) is 44.3. The molecule has 2 amide bonds. The summed E-state index contributed by atoms with van der Waals surface area (Å²) in [6.45, 7) is 12.5. The zero-order valence-electron chi connectivity index (χ0n) is 25.1. The number of alkyl carbamates (subject to hydrolysis) is 1. The first kappa shape index (κ1) is 30.5. The van der Waals surface area contributed by atoms with Gasteiger partial charge in [0.05, 0.1) is 23.6 Å². The number of ether oxygens (including phenoxy) is 2. The molecule has 2 aromatic heterocycles. The van der Waals surface area contributed by atoms with E-state index in [4.69, 9.17) is 14.5 Å². The molecule has 1 aliphatic rings. The quantitative estimate of drug-likeness (QED) is 0.305. The first-order chi connectivity index (χ1) is 19.2. The van der Waals surface area contributed by atoms with Gasteiger partial charge in [0.15, 0.2) is 0 Å². The van der Waals surface area contributed by atoms with Crippen molar-refractivity contribution in [3.8, 4) is 0 Å². The second-order valence-corrected chi connectivity index (χ2v) is 13.8. The molecule has 41 heavy (non-hydrogen) atoms. The number of rotatable bonds is 7. The number of carbonyl (C=O) groups is 3. The topological polar surface area (TPSA) is 107 Å². The molecule has 2 heterocycles. The van der Waals surface area contributed by atoms with Crippen molar-refractivity contribution in [2.24, 2.45) is 11.3 Å². The minimum absolute atomic E-state index is 0.232. The van der Waals surface area contributed by atoms with E-state index in [0.29, 0.717) is 22.8 Å². The first-order valence-corrected chi connectivity index (χ1v) is 14.9. The molecule has 8 nitrogen and oxygen atoms in total. The summed E-state index contributed by atoms with van der Waals surface area (Å²) in [6, 6.07) is 10.6. The maximum Gasteiger partial charge on any atom is 0.407 e. The van der Waals surface area contributed by atoms with Gasteiger partial charge in [-0.1, -0.05) is 32.9 Å². The van der Waals surface area contributed by atoms with Crippen molar-refractivity contribution in [1.29, 1.82) is 0 Å². The molecular weight excluding hydrogens is 538 g/mol. The molecule has 3 aromatic rings. The fraction of sp³-hybridized carbons (Fsp3) is 0.500. The zero-order chi connectivity index (χ0) is 29.9. The van der Waals surface area contributed by atoms with E-state index in [1.54, 1.807) is 39.0 Å². The lowest BCUT2D eigenvalue weighted by molar-refractivity contribution is 0.0525. The second-order valence-electron chi connectivity index (χ2n) is 12.8. The predicted octanol–water partition coefficient (Wildman–Crippen LogP) is 6.62. The molecule has 0 fully saturated rings. The summed E-state index contributed by atoms with van der Waals surface area (Å²) >= 11 is 1.38. The summed E-state index contributed by atoms with van der Waals surface area (Å²) in [5.74, 6) is -0.0900. The Morgan fingerprint density at radius 2 is 1.85 bits per heavy atom. The number of nitrogens with zero attached hydrogens (tertiary/aromatic N) is 1. The Bertz CT molecular complexity index is 1430. The number of pyridine rings is 1. The predicted molar refractivity (Wildman–Crippen MR) is 161 cm³/mol. The number of aryl methyl sites for hydroxylation is 1. The number of benzene rings is 1. The van der Waals surface area contributed by atoms with Crippen LogP contribution < -0.4 is 10.6 Å². The van der Waals surface area contributed by atoms with Crippen LogP contribution in [-0.2, 0) is 22.3 Å². The van der Waals surface area contributed by atoms with Crippen LogP contribution in [0.3, 0.4) is 0 Å². The summed E-state index contributed by atoms with van der Waals surface area (Å²) < 4.78 is 10.2. The number of carbonyl (C=O) groups excluding carboxylic acids is 3. The van der Waals surface area contributed by atoms with E-state index < -0.39 is 23.7 Å². The fourth-order valence-electron chi connectivity index (χ4n) is 5.16.